The minimum atomic E-state index is -0.910. The van der Waals surface area contributed by atoms with E-state index in [-0.39, 0.29) is 36.1 Å². The number of anilines is 2. The smallest absolute Gasteiger partial charge is 0.407 e. The highest BCUT2D eigenvalue weighted by atomic mass is 35.5. The van der Waals surface area contributed by atoms with Crippen molar-refractivity contribution in [2.75, 3.05) is 50.9 Å². The van der Waals surface area contributed by atoms with Crippen LogP contribution in [0, 0.1) is 46.3 Å². The van der Waals surface area contributed by atoms with Gasteiger partial charge in [-0.2, -0.15) is 0 Å². The number of fused-ring (bicyclic) bond motifs is 5. The predicted molar refractivity (Wildman–Crippen MR) is 196 cm³/mol. The summed E-state index contributed by atoms with van der Waals surface area (Å²) < 4.78 is 0. The second-order valence-electron chi connectivity index (χ2n) is 16.7. The van der Waals surface area contributed by atoms with Gasteiger partial charge in [0.25, 0.3) is 10.9 Å². The van der Waals surface area contributed by atoms with Gasteiger partial charge in [-0.3, -0.25) is 9.59 Å². The van der Waals surface area contributed by atoms with Crippen molar-refractivity contribution in [2.24, 2.45) is 46.3 Å². The maximum atomic E-state index is 12.5. The molecule has 0 saturated heterocycles. The Hall–Kier alpha value is -2.06. The van der Waals surface area contributed by atoms with E-state index in [9.17, 15) is 19.5 Å². The van der Waals surface area contributed by atoms with Gasteiger partial charge >= 0.3 is 6.09 Å². The number of nitrogens with zero attached hydrogens (tertiary/aromatic N) is 2. The van der Waals surface area contributed by atoms with Crippen LogP contribution in [0.25, 0.3) is 0 Å². The number of nitrogens with one attached hydrogen (secondary N) is 2. The number of halogens is 1. The molecule has 0 aliphatic heterocycles. The summed E-state index contributed by atoms with van der Waals surface area (Å²) in [5.41, 5.74) is 1.70. The normalized spacial score (nSPS) is 32.2. The number of allylic oxidation sites excluding steroid dienone is 1. The number of carboxylic acid groups (broad SMARTS) is 1. The van der Waals surface area contributed by atoms with Crippen molar-refractivity contribution in [1.29, 1.82) is 0 Å². The van der Waals surface area contributed by atoms with Crippen LogP contribution in [-0.4, -0.2) is 67.3 Å². The molecule has 0 spiro atoms. The topological polar surface area (TPSA) is 102 Å². The van der Waals surface area contributed by atoms with Gasteiger partial charge in [0.1, 0.15) is 11.4 Å². The van der Waals surface area contributed by atoms with Crippen LogP contribution < -0.4 is 21.5 Å². The van der Waals surface area contributed by atoms with Gasteiger partial charge in [-0.1, -0.05) is 65.5 Å². The fourth-order valence-corrected chi connectivity index (χ4v) is 10.8. The molecule has 0 radical (unpaired) electrons. The molecule has 5 rings (SSSR count). The molecule has 0 aromatic heterocycles. The Morgan fingerprint density at radius 1 is 0.936 bits per heavy atom. The minimum absolute atomic E-state index is 0. The molecule has 8 atom stereocenters. The third-order valence-corrected chi connectivity index (χ3v) is 13.4. The molecule has 266 valence electrons. The summed E-state index contributed by atoms with van der Waals surface area (Å²) >= 11 is 0. The first-order valence-electron chi connectivity index (χ1n) is 18.4. The third kappa shape index (κ3) is 7.44. The zero-order chi connectivity index (χ0) is 33.4. The molecule has 9 heteroatoms. The second-order valence-corrected chi connectivity index (χ2v) is 16.7. The van der Waals surface area contributed by atoms with Gasteiger partial charge in [0.05, 0.1) is 0 Å². The fraction of sp³-hybridized carbons (Fsp3) is 0.816. The van der Waals surface area contributed by atoms with Gasteiger partial charge in [-0.25, -0.2) is 4.79 Å². The number of likely N-dealkylation sites (N-methyl/N-ethyl adjacent to an activating group) is 1. The van der Waals surface area contributed by atoms with Crippen LogP contribution in [0.4, 0.5) is 16.2 Å². The maximum Gasteiger partial charge on any atom is 0.407 e. The van der Waals surface area contributed by atoms with E-state index in [0.717, 1.165) is 61.8 Å². The third-order valence-electron chi connectivity index (χ3n) is 13.4. The summed E-state index contributed by atoms with van der Waals surface area (Å²) in [7, 11) is 3.90. The zero-order valence-electron chi connectivity index (χ0n) is 30.2. The van der Waals surface area contributed by atoms with E-state index in [0.29, 0.717) is 30.1 Å². The van der Waals surface area contributed by atoms with E-state index in [1.54, 1.807) is 4.90 Å². The van der Waals surface area contributed by atoms with E-state index in [1.807, 2.05) is 19.0 Å². The standard InChI is InChI=1S/C38H62N4O4.ClH/c1-24(2)9-8-10-25(3)29-13-14-30-28-12-11-26-23-27(15-17-37(26,4)31(28)16-18-38(29,30)5)42(36(45)46)22-20-40-33-32(34(43)35(33)44)39-19-21-41(6)7;/h11,24-25,27-31,39-40H,8-10,12-23H2,1-7H3,(H,45,46);1H/t25-,27+,28+,29-,30+,31+,37+,38-;/m1./s1. The zero-order valence-corrected chi connectivity index (χ0v) is 31.0. The molecule has 0 heterocycles. The Labute approximate surface area is 289 Å². The monoisotopic (exact) mass is 674 g/mol. The molecule has 3 fully saturated rings. The summed E-state index contributed by atoms with van der Waals surface area (Å²) in [5.74, 6) is 4.74. The predicted octanol–water partition coefficient (Wildman–Crippen LogP) is 7.48. The number of amides is 1. The van der Waals surface area contributed by atoms with Gasteiger partial charge in [-0.05, 0) is 112 Å². The molecule has 4 aliphatic carbocycles. The Balaban J connectivity index is 0.00000500. The van der Waals surface area contributed by atoms with Gasteiger partial charge in [0, 0.05) is 32.2 Å². The average Bonchev–Trinajstić information content (AvgIpc) is 3.36. The van der Waals surface area contributed by atoms with Gasteiger partial charge in [0.2, 0.25) is 0 Å². The van der Waals surface area contributed by atoms with Gasteiger partial charge in [0.15, 0.2) is 0 Å². The maximum absolute atomic E-state index is 12.5. The van der Waals surface area contributed by atoms with Gasteiger partial charge in [-0.15, -0.1) is 12.4 Å². The second kappa shape index (κ2) is 15.2. The van der Waals surface area contributed by atoms with Crippen LogP contribution in [0.5, 0.6) is 0 Å². The average molecular weight is 675 g/mol. The Bertz CT molecular complexity index is 1340. The van der Waals surface area contributed by atoms with Crippen molar-refractivity contribution in [3.05, 3.63) is 32.1 Å². The number of carbonyl (C=O) groups is 1. The summed E-state index contributed by atoms with van der Waals surface area (Å²) in [6.07, 6.45) is 15.0. The number of rotatable bonds is 14. The fourth-order valence-electron chi connectivity index (χ4n) is 10.8. The molecule has 0 bridgehead atoms. The Morgan fingerprint density at radius 2 is 1.60 bits per heavy atom. The highest BCUT2D eigenvalue weighted by molar-refractivity contribution is 5.85. The summed E-state index contributed by atoms with van der Waals surface area (Å²) in [6.45, 7) is 14.3. The lowest BCUT2D eigenvalue weighted by atomic mass is 9.46. The van der Waals surface area contributed by atoms with Crippen molar-refractivity contribution < 1.29 is 9.90 Å². The van der Waals surface area contributed by atoms with E-state index >= 15 is 0 Å². The quantitative estimate of drug-likeness (QED) is 0.139. The highest BCUT2D eigenvalue weighted by Crippen LogP contribution is 2.67. The van der Waals surface area contributed by atoms with Crippen LogP contribution >= 0.6 is 12.4 Å². The number of hydrogen-bond acceptors (Lipinski definition) is 6. The SMILES string of the molecule is CC(C)CCC[C@@H](C)[C@H]1CC[C@H]2[C@@H]3CC=C4C[C@@H](N(CCNc5c(NCCN(C)C)c(=O)c5=O)C(=O)O)CC[C@]4(C)[C@H]3CC[C@]12C.Cl. The molecule has 1 aromatic rings. The lowest BCUT2D eigenvalue weighted by Crippen LogP contribution is -2.53. The first-order chi connectivity index (χ1) is 21.8. The first-order valence-corrected chi connectivity index (χ1v) is 18.4. The van der Waals surface area contributed by atoms with E-state index in [2.05, 4.69) is 51.3 Å². The molecule has 0 unspecified atom stereocenters. The summed E-state index contributed by atoms with van der Waals surface area (Å²) in [5, 5.41) is 16.4. The lowest BCUT2D eigenvalue weighted by Gasteiger charge is -2.59. The molecular weight excluding hydrogens is 612 g/mol. The highest BCUT2D eigenvalue weighted by Gasteiger charge is 2.59. The number of hydrogen-bond donors (Lipinski definition) is 3. The van der Waals surface area contributed by atoms with Crippen LogP contribution in [0.2, 0.25) is 0 Å². The Kier molecular flexibility index (Phi) is 12.2. The van der Waals surface area contributed by atoms with Crippen molar-refractivity contribution in [1.82, 2.24) is 9.80 Å². The Morgan fingerprint density at radius 3 is 2.21 bits per heavy atom. The van der Waals surface area contributed by atoms with Crippen molar-refractivity contribution in [3.63, 3.8) is 0 Å². The van der Waals surface area contributed by atoms with E-state index < -0.39 is 17.0 Å². The van der Waals surface area contributed by atoms with Crippen LogP contribution in [-0.2, 0) is 0 Å². The molecule has 4 aliphatic rings. The van der Waals surface area contributed by atoms with E-state index in [1.165, 1.54) is 50.5 Å². The molecule has 1 amide bonds. The van der Waals surface area contributed by atoms with Crippen LogP contribution in [0.3, 0.4) is 0 Å². The van der Waals surface area contributed by atoms with Gasteiger partial charge < -0.3 is 25.5 Å². The van der Waals surface area contributed by atoms with Crippen molar-refractivity contribution in [3.8, 4) is 0 Å². The van der Waals surface area contributed by atoms with E-state index in [4.69, 9.17) is 0 Å². The first kappa shape index (κ1) is 37.8. The van der Waals surface area contributed by atoms with Crippen molar-refractivity contribution in [2.45, 2.75) is 111 Å². The molecule has 3 N–H and O–H groups in total. The molecule has 47 heavy (non-hydrogen) atoms. The minimum Gasteiger partial charge on any atom is -0.465 e. The van der Waals surface area contributed by atoms with Crippen LogP contribution in [0.1, 0.15) is 105 Å². The summed E-state index contributed by atoms with van der Waals surface area (Å²) in [6, 6.07) is -0.0584. The van der Waals surface area contributed by atoms with Crippen LogP contribution in [0.15, 0.2) is 21.2 Å². The van der Waals surface area contributed by atoms with Crippen molar-refractivity contribution >= 4 is 29.9 Å². The molecule has 8 nitrogen and oxygen atoms in total. The lowest BCUT2D eigenvalue weighted by molar-refractivity contribution is -0.0540. The molecular formula is C38H63ClN4O4. The molecule has 3 saturated carbocycles. The molecule has 1 aromatic carbocycles. The summed E-state index contributed by atoms with van der Waals surface area (Å²) in [4.78, 5) is 40.4. The largest absolute Gasteiger partial charge is 0.465 e.